The van der Waals surface area contributed by atoms with E-state index in [2.05, 4.69) is 17.0 Å². The van der Waals surface area contributed by atoms with Crippen LogP contribution < -0.4 is 0 Å². The van der Waals surface area contributed by atoms with Crippen molar-refractivity contribution in [2.24, 2.45) is 0 Å². The maximum atomic E-state index is 10.8. The quantitative estimate of drug-likeness (QED) is 0.633. The molecule has 5 heteroatoms. The van der Waals surface area contributed by atoms with E-state index in [0.717, 1.165) is 17.0 Å². The van der Waals surface area contributed by atoms with E-state index in [0.29, 0.717) is 0 Å². The Morgan fingerprint density at radius 1 is 1.20 bits per heavy atom. The molecule has 2 heterocycles. The van der Waals surface area contributed by atoms with Crippen LogP contribution in [-0.2, 0) is 6.54 Å². The highest BCUT2D eigenvalue weighted by atomic mass is 32.1. The number of rotatable bonds is 4. The molecule has 0 unspecified atom stereocenters. The molecule has 3 rings (SSSR count). The van der Waals surface area contributed by atoms with Gasteiger partial charge in [0.2, 0.25) is 0 Å². The second-order valence-corrected chi connectivity index (χ2v) is 6.22. The summed E-state index contributed by atoms with van der Waals surface area (Å²) >= 11 is 1.73. The van der Waals surface area contributed by atoms with E-state index in [1.54, 1.807) is 23.5 Å². The minimum atomic E-state index is -0.345. The van der Waals surface area contributed by atoms with Gasteiger partial charge in [0, 0.05) is 28.4 Å². The van der Waals surface area contributed by atoms with Crippen LogP contribution in [0.5, 0.6) is 0 Å². The van der Waals surface area contributed by atoms with Gasteiger partial charge < -0.3 is 0 Å². The fraction of sp³-hybridized carbons (Fsp3) is 0.333. The lowest BCUT2D eigenvalue weighted by Gasteiger charge is -2.12. The molecule has 1 aromatic carbocycles. The minimum absolute atomic E-state index is 0.150. The van der Waals surface area contributed by atoms with Gasteiger partial charge in [0.1, 0.15) is 0 Å². The molecule has 104 valence electrons. The van der Waals surface area contributed by atoms with Crippen LogP contribution in [0.25, 0.3) is 10.4 Å². The second kappa shape index (κ2) is 5.73. The fourth-order valence-electron chi connectivity index (χ4n) is 2.55. The maximum Gasteiger partial charge on any atom is 0.270 e. The molecular formula is C15H16N2O2S. The molecule has 2 aromatic rings. The Balaban J connectivity index is 1.78. The lowest BCUT2D eigenvalue weighted by Crippen LogP contribution is -2.17. The van der Waals surface area contributed by atoms with Crippen LogP contribution >= 0.6 is 11.3 Å². The van der Waals surface area contributed by atoms with E-state index in [1.165, 1.54) is 36.9 Å². The van der Waals surface area contributed by atoms with Crippen molar-refractivity contribution in [2.45, 2.75) is 19.4 Å². The largest absolute Gasteiger partial charge is 0.298 e. The van der Waals surface area contributed by atoms with Crippen LogP contribution in [-0.4, -0.2) is 22.9 Å². The van der Waals surface area contributed by atoms with Crippen molar-refractivity contribution in [3.8, 4) is 10.4 Å². The monoisotopic (exact) mass is 288 g/mol. The Labute approximate surface area is 121 Å². The van der Waals surface area contributed by atoms with Gasteiger partial charge in [-0.2, -0.15) is 0 Å². The van der Waals surface area contributed by atoms with Gasteiger partial charge in [-0.25, -0.2) is 0 Å². The third-order valence-corrected chi connectivity index (χ3v) is 4.70. The van der Waals surface area contributed by atoms with E-state index in [9.17, 15) is 10.1 Å². The van der Waals surface area contributed by atoms with E-state index < -0.39 is 0 Å². The zero-order chi connectivity index (χ0) is 13.9. The number of thiophene rings is 1. The number of nitro benzene ring substituents is 1. The Bertz CT molecular complexity index is 618. The highest BCUT2D eigenvalue weighted by Gasteiger charge is 2.14. The van der Waals surface area contributed by atoms with Crippen molar-refractivity contribution in [3.05, 3.63) is 51.4 Å². The minimum Gasteiger partial charge on any atom is -0.298 e. The van der Waals surface area contributed by atoms with Crippen LogP contribution in [0.1, 0.15) is 17.7 Å². The van der Waals surface area contributed by atoms with Crippen molar-refractivity contribution in [2.75, 3.05) is 13.1 Å². The summed E-state index contributed by atoms with van der Waals surface area (Å²) in [5.41, 5.74) is 1.08. The van der Waals surface area contributed by atoms with Gasteiger partial charge in [0.05, 0.1) is 4.92 Å². The van der Waals surface area contributed by atoms with E-state index in [-0.39, 0.29) is 10.6 Å². The van der Waals surface area contributed by atoms with Gasteiger partial charge in [-0.15, -0.1) is 11.3 Å². The average Bonchev–Trinajstić information content (AvgIpc) is 3.11. The number of hydrogen-bond acceptors (Lipinski definition) is 4. The molecule has 4 nitrogen and oxygen atoms in total. The molecule has 1 aliphatic rings. The zero-order valence-electron chi connectivity index (χ0n) is 11.1. The lowest BCUT2D eigenvalue weighted by atomic mass is 10.2. The van der Waals surface area contributed by atoms with Crippen LogP contribution in [0.3, 0.4) is 0 Å². The molecule has 0 atom stereocenters. The zero-order valence-corrected chi connectivity index (χ0v) is 11.9. The summed E-state index contributed by atoms with van der Waals surface area (Å²) in [5, 5.41) is 10.8. The first kappa shape index (κ1) is 13.3. The summed E-state index contributed by atoms with van der Waals surface area (Å²) in [6.45, 7) is 3.37. The Morgan fingerprint density at radius 3 is 2.75 bits per heavy atom. The first-order valence-electron chi connectivity index (χ1n) is 6.78. The van der Waals surface area contributed by atoms with Gasteiger partial charge in [0.15, 0.2) is 0 Å². The average molecular weight is 288 g/mol. The summed E-state index contributed by atoms with van der Waals surface area (Å²) in [4.78, 5) is 15.4. The van der Waals surface area contributed by atoms with E-state index in [1.807, 2.05) is 6.07 Å². The number of likely N-dealkylation sites (tertiary alicyclic amines) is 1. The van der Waals surface area contributed by atoms with Crippen LogP contribution in [0, 0.1) is 10.1 Å². The molecule has 0 N–H and O–H groups in total. The summed E-state index contributed by atoms with van der Waals surface area (Å²) in [7, 11) is 0. The van der Waals surface area contributed by atoms with Gasteiger partial charge in [-0.1, -0.05) is 12.1 Å². The molecule has 0 bridgehead atoms. The van der Waals surface area contributed by atoms with Crippen molar-refractivity contribution in [3.63, 3.8) is 0 Å². The van der Waals surface area contributed by atoms with Gasteiger partial charge in [-0.05, 0) is 43.6 Å². The van der Waals surface area contributed by atoms with Crippen LogP contribution in [0.2, 0.25) is 0 Å². The smallest absolute Gasteiger partial charge is 0.270 e. The summed E-state index contributed by atoms with van der Waals surface area (Å²) in [5.74, 6) is 0. The Kier molecular flexibility index (Phi) is 3.80. The molecule has 1 fully saturated rings. The molecule has 0 saturated carbocycles. The molecule has 1 saturated heterocycles. The second-order valence-electron chi connectivity index (χ2n) is 5.06. The molecule has 1 aromatic heterocycles. The number of nitro groups is 1. The predicted molar refractivity (Wildman–Crippen MR) is 80.9 cm³/mol. The van der Waals surface area contributed by atoms with E-state index in [4.69, 9.17) is 0 Å². The number of hydrogen-bond donors (Lipinski definition) is 0. The highest BCUT2D eigenvalue weighted by molar-refractivity contribution is 7.15. The van der Waals surface area contributed by atoms with Crippen molar-refractivity contribution >= 4 is 17.0 Å². The lowest BCUT2D eigenvalue weighted by molar-refractivity contribution is -0.384. The van der Waals surface area contributed by atoms with Gasteiger partial charge >= 0.3 is 0 Å². The Morgan fingerprint density at radius 2 is 2.00 bits per heavy atom. The standard InChI is InChI=1S/C15H16N2O2S/c18-17(19)13-5-3-4-12(10-13)15-7-6-14(20-15)11-16-8-1-2-9-16/h3-7,10H,1-2,8-9,11H2. The van der Waals surface area contributed by atoms with Crippen molar-refractivity contribution < 1.29 is 4.92 Å². The predicted octanol–water partition coefficient (Wildman–Crippen LogP) is 3.92. The number of benzene rings is 1. The number of nitrogens with zero attached hydrogens (tertiary/aromatic N) is 2. The first-order chi connectivity index (χ1) is 9.72. The summed E-state index contributed by atoms with van der Waals surface area (Å²) in [6, 6.07) is 11.0. The SMILES string of the molecule is O=[N+]([O-])c1cccc(-c2ccc(CN3CCCC3)s2)c1. The maximum absolute atomic E-state index is 10.8. The molecule has 0 spiro atoms. The van der Waals surface area contributed by atoms with E-state index >= 15 is 0 Å². The molecule has 1 aliphatic heterocycles. The number of non-ortho nitro benzene ring substituents is 1. The topological polar surface area (TPSA) is 46.4 Å². The van der Waals surface area contributed by atoms with Gasteiger partial charge in [-0.3, -0.25) is 15.0 Å². The highest BCUT2D eigenvalue weighted by Crippen LogP contribution is 2.31. The summed E-state index contributed by atoms with van der Waals surface area (Å²) < 4.78 is 0. The normalized spacial score (nSPS) is 15.6. The summed E-state index contributed by atoms with van der Waals surface area (Å²) in [6.07, 6.45) is 2.59. The third-order valence-electron chi connectivity index (χ3n) is 3.58. The molecule has 0 radical (unpaired) electrons. The van der Waals surface area contributed by atoms with Crippen LogP contribution in [0.4, 0.5) is 5.69 Å². The van der Waals surface area contributed by atoms with Crippen LogP contribution in [0.15, 0.2) is 36.4 Å². The van der Waals surface area contributed by atoms with Crippen molar-refractivity contribution in [1.29, 1.82) is 0 Å². The molecule has 0 aliphatic carbocycles. The Hall–Kier alpha value is -1.72. The molecule has 20 heavy (non-hydrogen) atoms. The molecular weight excluding hydrogens is 272 g/mol. The first-order valence-corrected chi connectivity index (χ1v) is 7.60. The third kappa shape index (κ3) is 2.89. The fourth-order valence-corrected chi connectivity index (χ4v) is 3.60. The van der Waals surface area contributed by atoms with Crippen molar-refractivity contribution in [1.82, 2.24) is 4.90 Å². The molecule has 0 amide bonds. The van der Waals surface area contributed by atoms with Gasteiger partial charge in [0.25, 0.3) is 5.69 Å².